The molecule has 0 aromatic rings. The topological polar surface area (TPSA) is 12.0 Å². The van der Waals surface area contributed by atoms with E-state index in [1.807, 2.05) is 0 Å². The van der Waals surface area contributed by atoms with E-state index in [2.05, 4.69) is 26.1 Å². The van der Waals surface area contributed by atoms with Gasteiger partial charge in [-0.05, 0) is 43.7 Å². The highest BCUT2D eigenvalue weighted by molar-refractivity contribution is 4.80. The van der Waals surface area contributed by atoms with Gasteiger partial charge in [0, 0.05) is 0 Å². The molecule has 0 saturated heterocycles. The van der Waals surface area contributed by atoms with Crippen LogP contribution in [0.2, 0.25) is 0 Å². The average Bonchev–Trinajstić information content (AvgIpc) is 2.63. The second-order valence-corrected chi connectivity index (χ2v) is 5.39. The van der Waals surface area contributed by atoms with Crippen LogP contribution >= 0.6 is 0 Å². The molecule has 0 amide bonds. The van der Waals surface area contributed by atoms with Crippen molar-refractivity contribution in [1.29, 1.82) is 0 Å². The fourth-order valence-corrected chi connectivity index (χ4v) is 3.15. The largest absolute Gasteiger partial charge is 0.317 e. The van der Waals surface area contributed by atoms with Crippen LogP contribution in [-0.4, -0.2) is 13.1 Å². The van der Waals surface area contributed by atoms with Crippen molar-refractivity contribution in [2.24, 2.45) is 17.8 Å². The molecule has 0 heterocycles. The van der Waals surface area contributed by atoms with E-state index in [-0.39, 0.29) is 0 Å². The summed E-state index contributed by atoms with van der Waals surface area (Å²) in [6.45, 7) is 9.35. The minimum Gasteiger partial charge on any atom is -0.317 e. The summed E-state index contributed by atoms with van der Waals surface area (Å²) in [5.74, 6) is 2.94. The molecule has 1 nitrogen and oxygen atoms in total. The highest BCUT2D eigenvalue weighted by Crippen LogP contribution is 2.36. The summed E-state index contributed by atoms with van der Waals surface area (Å²) >= 11 is 0. The minimum absolute atomic E-state index is 0.947. The van der Waals surface area contributed by atoms with E-state index in [1.54, 1.807) is 0 Å². The van der Waals surface area contributed by atoms with E-state index >= 15 is 0 Å². The lowest BCUT2D eigenvalue weighted by molar-refractivity contribution is 0.296. The Hall–Kier alpha value is -0.0400. The molecule has 1 rings (SSSR count). The molecule has 0 aromatic carbocycles. The maximum absolute atomic E-state index is 3.53. The van der Waals surface area contributed by atoms with Crippen LogP contribution in [-0.2, 0) is 0 Å². The van der Waals surface area contributed by atoms with Gasteiger partial charge in [-0.25, -0.2) is 0 Å². The Balaban J connectivity index is 2.26. The molecule has 0 radical (unpaired) electrons. The first kappa shape index (κ1) is 13.0. The monoisotopic (exact) mass is 211 g/mol. The molecule has 3 unspecified atom stereocenters. The molecule has 0 spiro atoms. The van der Waals surface area contributed by atoms with Crippen molar-refractivity contribution in [1.82, 2.24) is 5.32 Å². The lowest BCUT2D eigenvalue weighted by atomic mass is 9.86. The zero-order chi connectivity index (χ0) is 11.1. The standard InChI is InChI=1S/C14H29N/c1-4-7-12(3)10-13-8-6-9-14(13)11-15-5-2/h12-15H,4-11H2,1-3H3. The molecule has 1 N–H and O–H groups in total. The molecule has 1 aliphatic rings. The summed E-state index contributed by atoms with van der Waals surface area (Å²) < 4.78 is 0. The molecular weight excluding hydrogens is 182 g/mol. The number of rotatable bonds is 7. The van der Waals surface area contributed by atoms with E-state index in [0.717, 1.165) is 24.3 Å². The van der Waals surface area contributed by atoms with Gasteiger partial charge in [-0.3, -0.25) is 0 Å². The fraction of sp³-hybridized carbons (Fsp3) is 1.00. The third-order valence-corrected chi connectivity index (χ3v) is 3.96. The molecule has 3 atom stereocenters. The number of hydrogen-bond donors (Lipinski definition) is 1. The van der Waals surface area contributed by atoms with Gasteiger partial charge in [-0.15, -0.1) is 0 Å². The van der Waals surface area contributed by atoms with Crippen molar-refractivity contribution in [3.05, 3.63) is 0 Å². The normalized spacial score (nSPS) is 28.2. The smallest absolute Gasteiger partial charge is 0.00180 e. The van der Waals surface area contributed by atoms with Gasteiger partial charge in [0.05, 0.1) is 0 Å². The maximum atomic E-state index is 3.53. The van der Waals surface area contributed by atoms with Crippen molar-refractivity contribution >= 4 is 0 Å². The van der Waals surface area contributed by atoms with Gasteiger partial charge in [0.2, 0.25) is 0 Å². The van der Waals surface area contributed by atoms with E-state index in [9.17, 15) is 0 Å². The lowest BCUT2D eigenvalue weighted by Crippen LogP contribution is -2.25. The molecular formula is C14H29N. The zero-order valence-electron chi connectivity index (χ0n) is 10.9. The van der Waals surface area contributed by atoms with Crippen LogP contribution in [0.5, 0.6) is 0 Å². The summed E-state index contributed by atoms with van der Waals surface area (Å²) in [5, 5.41) is 3.53. The third kappa shape index (κ3) is 4.55. The van der Waals surface area contributed by atoms with Crippen molar-refractivity contribution < 1.29 is 0 Å². The molecule has 1 aliphatic carbocycles. The Kier molecular flexibility index (Phi) is 6.31. The molecule has 0 aromatic heterocycles. The SMILES string of the molecule is CCCC(C)CC1CCCC1CNCC. The van der Waals surface area contributed by atoms with Gasteiger partial charge in [0.1, 0.15) is 0 Å². The van der Waals surface area contributed by atoms with Crippen LogP contribution in [0.25, 0.3) is 0 Å². The number of nitrogens with one attached hydrogen (secondary N) is 1. The molecule has 1 heteroatoms. The van der Waals surface area contributed by atoms with Gasteiger partial charge >= 0.3 is 0 Å². The van der Waals surface area contributed by atoms with Gasteiger partial charge in [-0.1, -0.05) is 46.5 Å². The Morgan fingerprint density at radius 1 is 1.20 bits per heavy atom. The zero-order valence-corrected chi connectivity index (χ0v) is 10.9. The fourth-order valence-electron chi connectivity index (χ4n) is 3.15. The van der Waals surface area contributed by atoms with E-state index in [0.29, 0.717) is 0 Å². The first-order valence-corrected chi connectivity index (χ1v) is 6.98. The molecule has 0 bridgehead atoms. The second kappa shape index (κ2) is 7.27. The maximum Gasteiger partial charge on any atom is -0.00180 e. The van der Waals surface area contributed by atoms with Crippen LogP contribution in [0.4, 0.5) is 0 Å². The molecule has 90 valence electrons. The Bertz CT molecular complexity index is 155. The third-order valence-electron chi connectivity index (χ3n) is 3.96. The quantitative estimate of drug-likeness (QED) is 0.674. The van der Waals surface area contributed by atoms with Gasteiger partial charge in [-0.2, -0.15) is 0 Å². The van der Waals surface area contributed by atoms with E-state index in [4.69, 9.17) is 0 Å². The minimum atomic E-state index is 0.947. The van der Waals surface area contributed by atoms with Crippen molar-refractivity contribution in [2.45, 2.75) is 59.3 Å². The van der Waals surface area contributed by atoms with Crippen molar-refractivity contribution in [3.8, 4) is 0 Å². The van der Waals surface area contributed by atoms with Crippen molar-refractivity contribution in [2.75, 3.05) is 13.1 Å². The first-order valence-electron chi connectivity index (χ1n) is 6.98. The first-order chi connectivity index (χ1) is 7.27. The second-order valence-electron chi connectivity index (χ2n) is 5.39. The highest BCUT2D eigenvalue weighted by atomic mass is 14.8. The van der Waals surface area contributed by atoms with Crippen LogP contribution in [0.1, 0.15) is 59.3 Å². The Morgan fingerprint density at radius 2 is 1.93 bits per heavy atom. The van der Waals surface area contributed by atoms with Crippen LogP contribution < -0.4 is 5.32 Å². The average molecular weight is 211 g/mol. The summed E-state index contributed by atoms with van der Waals surface area (Å²) in [7, 11) is 0. The van der Waals surface area contributed by atoms with Crippen LogP contribution in [0.15, 0.2) is 0 Å². The number of hydrogen-bond acceptors (Lipinski definition) is 1. The lowest BCUT2D eigenvalue weighted by Gasteiger charge is -2.23. The predicted octanol–water partition coefficient (Wildman–Crippen LogP) is 3.84. The summed E-state index contributed by atoms with van der Waals surface area (Å²) in [6.07, 6.45) is 8.68. The van der Waals surface area contributed by atoms with E-state index in [1.165, 1.54) is 45.1 Å². The summed E-state index contributed by atoms with van der Waals surface area (Å²) in [4.78, 5) is 0. The van der Waals surface area contributed by atoms with Crippen molar-refractivity contribution in [3.63, 3.8) is 0 Å². The van der Waals surface area contributed by atoms with Crippen LogP contribution in [0, 0.1) is 17.8 Å². The van der Waals surface area contributed by atoms with Gasteiger partial charge in [0.15, 0.2) is 0 Å². The highest BCUT2D eigenvalue weighted by Gasteiger charge is 2.27. The molecule has 15 heavy (non-hydrogen) atoms. The van der Waals surface area contributed by atoms with Gasteiger partial charge < -0.3 is 5.32 Å². The summed E-state index contributed by atoms with van der Waals surface area (Å²) in [5.41, 5.74) is 0. The molecule has 1 saturated carbocycles. The molecule has 0 aliphatic heterocycles. The summed E-state index contributed by atoms with van der Waals surface area (Å²) in [6, 6.07) is 0. The Labute approximate surface area is 96.0 Å². The Morgan fingerprint density at radius 3 is 2.60 bits per heavy atom. The van der Waals surface area contributed by atoms with Crippen LogP contribution in [0.3, 0.4) is 0 Å². The predicted molar refractivity (Wildman–Crippen MR) is 68.1 cm³/mol. The van der Waals surface area contributed by atoms with E-state index < -0.39 is 0 Å². The molecule has 1 fully saturated rings. The van der Waals surface area contributed by atoms with Gasteiger partial charge in [0.25, 0.3) is 0 Å².